The number of hydrogen-bond acceptors (Lipinski definition) is 7. The minimum atomic E-state index is -0.106. The Bertz CT molecular complexity index is 1000. The molecule has 2 saturated heterocycles. The molecular formula is C24H32N4O4. The molecule has 0 unspecified atom stereocenters. The molecule has 8 nitrogen and oxygen atoms in total. The molecule has 1 aromatic heterocycles. The average Bonchev–Trinajstić information content (AvgIpc) is 2.81. The summed E-state index contributed by atoms with van der Waals surface area (Å²) in [5.74, 6) is 1.51. The van der Waals surface area contributed by atoms with Gasteiger partial charge in [0.05, 0.1) is 26.0 Å². The van der Waals surface area contributed by atoms with E-state index in [9.17, 15) is 9.90 Å². The number of morpholine rings is 1. The molecule has 2 aliphatic heterocycles. The third kappa shape index (κ3) is 5.14. The maximum atomic E-state index is 12.4. The van der Waals surface area contributed by atoms with Gasteiger partial charge in [0.15, 0.2) is 11.5 Å². The molecule has 0 spiro atoms. The normalized spacial score (nSPS) is 19.7. The van der Waals surface area contributed by atoms with Crippen LogP contribution < -0.4 is 15.2 Å². The Hall–Kier alpha value is -2.84. The SMILES string of the molecule is C=CCc1cc(CN2CCC[C@H](c3cc(=O)[nH]c(N4CCOCC4)n3)C2)cc(OC)c1O. The van der Waals surface area contributed by atoms with Crippen molar-refractivity contribution >= 4 is 5.95 Å². The summed E-state index contributed by atoms with van der Waals surface area (Å²) in [6.45, 7) is 9.11. The van der Waals surface area contributed by atoms with Gasteiger partial charge in [-0.25, -0.2) is 4.98 Å². The van der Waals surface area contributed by atoms with Crippen LogP contribution in [0.2, 0.25) is 0 Å². The van der Waals surface area contributed by atoms with Crippen LogP contribution in [0.15, 0.2) is 35.6 Å². The summed E-state index contributed by atoms with van der Waals surface area (Å²) in [7, 11) is 1.57. The lowest BCUT2D eigenvalue weighted by Gasteiger charge is -2.33. The first-order valence-electron chi connectivity index (χ1n) is 11.2. The number of nitrogens with zero attached hydrogens (tertiary/aromatic N) is 3. The van der Waals surface area contributed by atoms with Crippen molar-refractivity contribution in [1.82, 2.24) is 14.9 Å². The first-order chi connectivity index (χ1) is 15.6. The van der Waals surface area contributed by atoms with E-state index in [1.54, 1.807) is 19.3 Å². The van der Waals surface area contributed by atoms with Crippen molar-refractivity contribution in [2.75, 3.05) is 51.4 Å². The number of benzene rings is 1. The Morgan fingerprint density at radius 3 is 2.88 bits per heavy atom. The minimum absolute atomic E-state index is 0.106. The second kappa shape index (κ2) is 10.2. The molecule has 0 bridgehead atoms. The van der Waals surface area contributed by atoms with E-state index in [1.807, 2.05) is 12.1 Å². The van der Waals surface area contributed by atoms with Crippen molar-refractivity contribution in [3.8, 4) is 11.5 Å². The molecule has 4 rings (SSSR count). The standard InChI is InChI=1S/C24H32N4O4/c1-3-5-18-12-17(13-21(31-2)23(18)30)15-27-7-4-6-19(16-27)20-14-22(29)26-24(25-20)28-8-10-32-11-9-28/h3,12-14,19,30H,1,4-11,15-16H2,2H3,(H,25,26,29)/t19-/m0/s1. The molecule has 32 heavy (non-hydrogen) atoms. The number of aromatic amines is 1. The lowest BCUT2D eigenvalue weighted by Crippen LogP contribution is -2.39. The van der Waals surface area contributed by atoms with Crippen LogP contribution in [0.3, 0.4) is 0 Å². The van der Waals surface area contributed by atoms with Gasteiger partial charge in [0.1, 0.15) is 0 Å². The Morgan fingerprint density at radius 2 is 2.12 bits per heavy atom. The first kappa shape index (κ1) is 22.4. The molecule has 0 aliphatic carbocycles. The third-order valence-corrected chi connectivity index (χ3v) is 6.19. The highest BCUT2D eigenvalue weighted by molar-refractivity contribution is 5.49. The summed E-state index contributed by atoms with van der Waals surface area (Å²) < 4.78 is 10.8. The Labute approximate surface area is 188 Å². The van der Waals surface area contributed by atoms with Crippen LogP contribution in [0.25, 0.3) is 0 Å². The zero-order chi connectivity index (χ0) is 22.5. The fourth-order valence-electron chi connectivity index (χ4n) is 4.58. The van der Waals surface area contributed by atoms with E-state index in [2.05, 4.69) is 21.4 Å². The van der Waals surface area contributed by atoms with Crippen molar-refractivity contribution in [2.24, 2.45) is 0 Å². The molecule has 2 fully saturated rings. The van der Waals surface area contributed by atoms with Crippen LogP contribution in [-0.4, -0.2) is 66.5 Å². The molecule has 2 aromatic rings. The number of allylic oxidation sites excluding steroid dienone is 1. The molecule has 8 heteroatoms. The number of aromatic hydroxyl groups is 1. The summed E-state index contributed by atoms with van der Waals surface area (Å²) in [5, 5.41) is 10.4. The second-order valence-electron chi connectivity index (χ2n) is 8.47. The highest BCUT2D eigenvalue weighted by Crippen LogP contribution is 2.33. The fourth-order valence-corrected chi connectivity index (χ4v) is 4.58. The molecule has 2 aliphatic rings. The van der Waals surface area contributed by atoms with Gasteiger partial charge >= 0.3 is 0 Å². The smallest absolute Gasteiger partial charge is 0.252 e. The van der Waals surface area contributed by atoms with E-state index in [-0.39, 0.29) is 17.2 Å². The van der Waals surface area contributed by atoms with Crippen LogP contribution in [0.5, 0.6) is 11.5 Å². The maximum Gasteiger partial charge on any atom is 0.252 e. The summed E-state index contributed by atoms with van der Waals surface area (Å²) in [6, 6.07) is 5.56. The molecule has 0 saturated carbocycles. The van der Waals surface area contributed by atoms with E-state index in [4.69, 9.17) is 14.5 Å². The number of ether oxygens (including phenoxy) is 2. The van der Waals surface area contributed by atoms with Crippen molar-refractivity contribution < 1.29 is 14.6 Å². The molecule has 0 radical (unpaired) electrons. The minimum Gasteiger partial charge on any atom is -0.504 e. The zero-order valence-corrected chi connectivity index (χ0v) is 18.7. The molecule has 0 amide bonds. The maximum absolute atomic E-state index is 12.4. The quantitative estimate of drug-likeness (QED) is 0.639. The number of anilines is 1. The summed E-state index contributed by atoms with van der Waals surface area (Å²) >= 11 is 0. The third-order valence-electron chi connectivity index (χ3n) is 6.19. The van der Waals surface area contributed by atoms with Crippen LogP contribution in [-0.2, 0) is 17.7 Å². The van der Waals surface area contributed by atoms with E-state index < -0.39 is 0 Å². The molecule has 2 N–H and O–H groups in total. The predicted molar refractivity (Wildman–Crippen MR) is 124 cm³/mol. The number of phenols is 1. The van der Waals surface area contributed by atoms with Gasteiger partial charge in [-0.2, -0.15) is 0 Å². The van der Waals surface area contributed by atoms with E-state index in [0.29, 0.717) is 31.3 Å². The number of piperidine rings is 1. The van der Waals surface area contributed by atoms with Crippen molar-refractivity contribution in [3.05, 3.63) is 58.0 Å². The Kier molecular flexibility index (Phi) is 7.12. The summed E-state index contributed by atoms with van der Waals surface area (Å²) in [6.07, 6.45) is 4.41. The lowest BCUT2D eigenvalue weighted by molar-refractivity contribution is 0.122. The lowest BCUT2D eigenvalue weighted by atomic mass is 9.94. The number of hydrogen-bond donors (Lipinski definition) is 2. The predicted octanol–water partition coefficient (Wildman–Crippen LogP) is 2.43. The highest BCUT2D eigenvalue weighted by atomic mass is 16.5. The van der Waals surface area contributed by atoms with E-state index >= 15 is 0 Å². The highest BCUT2D eigenvalue weighted by Gasteiger charge is 2.25. The largest absolute Gasteiger partial charge is 0.504 e. The number of rotatable bonds is 7. The number of methoxy groups -OCH3 is 1. The van der Waals surface area contributed by atoms with Gasteiger partial charge in [-0.15, -0.1) is 6.58 Å². The average molecular weight is 441 g/mol. The summed E-state index contributed by atoms with van der Waals surface area (Å²) in [5.41, 5.74) is 2.65. The van der Waals surface area contributed by atoms with Gasteiger partial charge in [0, 0.05) is 43.7 Å². The number of nitrogens with one attached hydrogen (secondary N) is 1. The van der Waals surface area contributed by atoms with Gasteiger partial charge in [0.2, 0.25) is 5.95 Å². The number of aromatic nitrogens is 2. The van der Waals surface area contributed by atoms with Crippen molar-refractivity contribution in [1.29, 1.82) is 0 Å². The van der Waals surface area contributed by atoms with Crippen LogP contribution in [0, 0.1) is 0 Å². The van der Waals surface area contributed by atoms with Gasteiger partial charge in [0.25, 0.3) is 5.56 Å². The van der Waals surface area contributed by atoms with E-state index in [0.717, 1.165) is 62.4 Å². The first-order valence-corrected chi connectivity index (χ1v) is 11.2. The van der Waals surface area contributed by atoms with Gasteiger partial charge < -0.3 is 19.5 Å². The number of H-pyrrole nitrogens is 1. The van der Waals surface area contributed by atoms with E-state index in [1.165, 1.54) is 0 Å². The molecule has 1 atom stereocenters. The molecule has 1 aromatic carbocycles. The number of phenolic OH excluding ortho intramolecular Hbond substituents is 1. The van der Waals surface area contributed by atoms with Gasteiger partial charge in [-0.1, -0.05) is 12.1 Å². The Morgan fingerprint density at radius 1 is 1.31 bits per heavy atom. The monoisotopic (exact) mass is 440 g/mol. The van der Waals surface area contributed by atoms with Crippen molar-refractivity contribution in [2.45, 2.75) is 31.7 Å². The van der Waals surface area contributed by atoms with Crippen LogP contribution in [0.4, 0.5) is 5.95 Å². The van der Waals surface area contributed by atoms with Crippen molar-refractivity contribution in [3.63, 3.8) is 0 Å². The van der Waals surface area contributed by atoms with Crippen LogP contribution in [0.1, 0.15) is 35.6 Å². The second-order valence-corrected chi connectivity index (χ2v) is 8.47. The van der Waals surface area contributed by atoms with Gasteiger partial charge in [-0.3, -0.25) is 14.7 Å². The number of likely N-dealkylation sites (tertiary alicyclic amines) is 1. The molecule has 3 heterocycles. The topological polar surface area (TPSA) is 90.9 Å². The van der Waals surface area contributed by atoms with Crippen LogP contribution >= 0.6 is 0 Å². The molecule has 172 valence electrons. The Balaban J connectivity index is 1.51. The summed E-state index contributed by atoms with van der Waals surface area (Å²) in [4.78, 5) is 24.5. The van der Waals surface area contributed by atoms with Gasteiger partial charge in [-0.05, 0) is 37.4 Å². The molecular weight excluding hydrogens is 408 g/mol. The zero-order valence-electron chi connectivity index (χ0n) is 18.7. The fraction of sp³-hybridized carbons (Fsp3) is 0.500.